The van der Waals surface area contributed by atoms with Crippen LogP contribution in [0.1, 0.15) is 11.1 Å². The fourth-order valence-electron chi connectivity index (χ4n) is 2.41. The molecule has 0 aliphatic heterocycles. The first-order valence-electron chi connectivity index (χ1n) is 8.12. The van der Waals surface area contributed by atoms with Gasteiger partial charge in [-0.05, 0) is 11.1 Å². The molecule has 4 heteroatoms. The lowest BCUT2D eigenvalue weighted by Gasteiger charge is -2.26. The highest BCUT2D eigenvalue weighted by atomic mass is 16.6. The summed E-state index contributed by atoms with van der Waals surface area (Å²) in [6.45, 7) is 1.94. The zero-order chi connectivity index (χ0) is 17.0. The summed E-state index contributed by atoms with van der Waals surface area (Å²) in [5, 5.41) is 0. The molecule has 0 bridgehead atoms. The lowest BCUT2D eigenvalue weighted by atomic mass is 10.2. The third kappa shape index (κ3) is 6.42. The van der Waals surface area contributed by atoms with E-state index < -0.39 is 0 Å². The van der Waals surface area contributed by atoms with Crippen LogP contribution in [0.2, 0.25) is 0 Å². The van der Waals surface area contributed by atoms with Crippen molar-refractivity contribution in [2.75, 3.05) is 27.4 Å². The number of hydrogen-bond acceptors (Lipinski definition) is 4. The molecule has 0 saturated carbocycles. The summed E-state index contributed by atoms with van der Waals surface area (Å²) in [5.41, 5.74) is 2.25. The van der Waals surface area contributed by atoms with Crippen LogP contribution in [0.25, 0.3) is 0 Å². The first kappa shape index (κ1) is 18.6. The highest BCUT2D eigenvalue weighted by Crippen LogP contribution is 2.13. The van der Waals surface area contributed by atoms with Gasteiger partial charge in [-0.1, -0.05) is 60.7 Å². The maximum Gasteiger partial charge on any atom is 0.110 e. The summed E-state index contributed by atoms with van der Waals surface area (Å²) in [6.07, 6.45) is -0.391. The second-order valence-corrected chi connectivity index (χ2v) is 5.58. The standard InChI is InChI=1S/C20H26O4/c1-21-15-19(23-13-17-9-5-3-6-10-17)20(16-22-2)24-14-18-11-7-4-8-12-18/h3-12,19-20H,13-16H2,1-2H3. The predicted molar refractivity (Wildman–Crippen MR) is 93.8 cm³/mol. The molecule has 2 aromatic rings. The number of rotatable bonds is 11. The molecule has 0 aliphatic rings. The quantitative estimate of drug-likeness (QED) is 0.632. The summed E-state index contributed by atoms with van der Waals surface area (Å²) in [7, 11) is 3.33. The first-order chi connectivity index (χ1) is 11.8. The molecular weight excluding hydrogens is 304 g/mol. The van der Waals surface area contributed by atoms with E-state index in [1.807, 2.05) is 60.7 Å². The van der Waals surface area contributed by atoms with E-state index in [1.54, 1.807) is 14.2 Å². The van der Waals surface area contributed by atoms with Crippen molar-refractivity contribution in [2.45, 2.75) is 25.4 Å². The van der Waals surface area contributed by atoms with Gasteiger partial charge in [-0.3, -0.25) is 0 Å². The second-order valence-electron chi connectivity index (χ2n) is 5.58. The van der Waals surface area contributed by atoms with Gasteiger partial charge >= 0.3 is 0 Å². The fourth-order valence-corrected chi connectivity index (χ4v) is 2.41. The van der Waals surface area contributed by atoms with E-state index in [4.69, 9.17) is 18.9 Å². The van der Waals surface area contributed by atoms with Crippen molar-refractivity contribution in [3.05, 3.63) is 71.8 Å². The van der Waals surface area contributed by atoms with Gasteiger partial charge in [0.1, 0.15) is 12.2 Å². The highest BCUT2D eigenvalue weighted by molar-refractivity contribution is 5.14. The molecule has 0 fully saturated rings. The summed E-state index contributed by atoms with van der Waals surface area (Å²) in [6, 6.07) is 20.2. The predicted octanol–water partition coefficient (Wildman–Crippen LogP) is 3.45. The highest BCUT2D eigenvalue weighted by Gasteiger charge is 2.23. The van der Waals surface area contributed by atoms with E-state index >= 15 is 0 Å². The number of hydrogen-bond donors (Lipinski definition) is 0. The monoisotopic (exact) mass is 330 g/mol. The second kappa shape index (κ2) is 10.9. The van der Waals surface area contributed by atoms with E-state index in [-0.39, 0.29) is 12.2 Å². The zero-order valence-corrected chi connectivity index (χ0v) is 14.4. The number of benzene rings is 2. The van der Waals surface area contributed by atoms with Crippen LogP contribution < -0.4 is 0 Å². The van der Waals surface area contributed by atoms with Crippen molar-refractivity contribution in [3.8, 4) is 0 Å². The molecule has 0 radical (unpaired) electrons. The minimum absolute atomic E-state index is 0.195. The van der Waals surface area contributed by atoms with E-state index in [0.29, 0.717) is 26.4 Å². The molecule has 0 heterocycles. The largest absolute Gasteiger partial charge is 0.382 e. The third-order valence-corrected chi connectivity index (χ3v) is 3.69. The van der Waals surface area contributed by atoms with Crippen molar-refractivity contribution >= 4 is 0 Å². The SMILES string of the molecule is COCC(OCc1ccccc1)C(COC)OCc1ccccc1. The molecule has 0 aliphatic carbocycles. The van der Waals surface area contributed by atoms with Crippen LogP contribution in [-0.4, -0.2) is 39.6 Å². The van der Waals surface area contributed by atoms with Gasteiger partial charge < -0.3 is 18.9 Å². The Morgan fingerprint density at radius 2 is 1.00 bits per heavy atom. The lowest BCUT2D eigenvalue weighted by Crippen LogP contribution is -2.38. The molecule has 2 aromatic carbocycles. The Kier molecular flexibility index (Phi) is 8.49. The Bertz CT molecular complexity index is 493. The van der Waals surface area contributed by atoms with Crippen LogP contribution in [0.4, 0.5) is 0 Å². The Hall–Kier alpha value is -1.72. The topological polar surface area (TPSA) is 36.9 Å². The Balaban J connectivity index is 1.94. The van der Waals surface area contributed by atoms with Crippen molar-refractivity contribution in [2.24, 2.45) is 0 Å². The van der Waals surface area contributed by atoms with Crippen LogP contribution in [0.15, 0.2) is 60.7 Å². The van der Waals surface area contributed by atoms with E-state index in [1.165, 1.54) is 0 Å². The molecule has 0 spiro atoms. The van der Waals surface area contributed by atoms with Crippen molar-refractivity contribution in [3.63, 3.8) is 0 Å². The minimum atomic E-state index is -0.195. The molecular formula is C20H26O4. The van der Waals surface area contributed by atoms with Crippen LogP contribution in [-0.2, 0) is 32.2 Å². The van der Waals surface area contributed by atoms with Gasteiger partial charge in [0.2, 0.25) is 0 Å². The Labute approximate surface area is 144 Å². The molecule has 2 atom stereocenters. The molecule has 130 valence electrons. The van der Waals surface area contributed by atoms with E-state index in [0.717, 1.165) is 11.1 Å². The Morgan fingerprint density at radius 3 is 1.33 bits per heavy atom. The maximum atomic E-state index is 6.04. The average molecular weight is 330 g/mol. The van der Waals surface area contributed by atoms with Gasteiger partial charge in [-0.2, -0.15) is 0 Å². The average Bonchev–Trinajstić information content (AvgIpc) is 2.64. The van der Waals surface area contributed by atoms with Crippen molar-refractivity contribution < 1.29 is 18.9 Å². The number of ether oxygens (including phenoxy) is 4. The Morgan fingerprint density at radius 1 is 0.625 bits per heavy atom. The van der Waals surface area contributed by atoms with Crippen LogP contribution in [0.5, 0.6) is 0 Å². The van der Waals surface area contributed by atoms with Crippen LogP contribution in [0, 0.1) is 0 Å². The first-order valence-corrected chi connectivity index (χ1v) is 8.12. The molecule has 4 nitrogen and oxygen atoms in total. The molecule has 0 N–H and O–H groups in total. The van der Waals surface area contributed by atoms with Crippen molar-refractivity contribution in [1.82, 2.24) is 0 Å². The van der Waals surface area contributed by atoms with Crippen LogP contribution in [0.3, 0.4) is 0 Å². The maximum absolute atomic E-state index is 6.04. The third-order valence-electron chi connectivity index (χ3n) is 3.69. The normalized spacial score (nSPS) is 13.6. The van der Waals surface area contributed by atoms with Crippen LogP contribution >= 0.6 is 0 Å². The molecule has 2 unspecified atom stereocenters. The smallest absolute Gasteiger partial charge is 0.110 e. The van der Waals surface area contributed by atoms with Gasteiger partial charge in [0.05, 0.1) is 26.4 Å². The molecule has 0 amide bonds. The minimum Gasteiger partial charge on any atom is -0.382 e. The molecule has 0 aromatic heterocycles. The van der Waals surface area contributed by atoms with Crippen molar-refractivity contribution in [1.29, 1.82) is 0 Å². The van der Waals surface area contributed by atoms with E-state index in [2.05, 4.69) is 0 Å². The summed E-state index contributed by atoms with van der Waals surface area (Å²) in [4.78, 5) is 0. The van der Waals surface area contributed by atoms with Gasteiger partial charge in [0.15, 0.2) is 0 Å². The molecule has 24 heavy (non-hydrogen) atoms. The molecule has 0 saturated heterocycles. The molecule has 2 rings (SSSR count). The van der Waals surface area contributed by atoms with E-state index in [9.17, 15) is 0 Å². The summed E-state index contributed by atoms with van der Waals surface area (Å²) >= 11 is 0. The van der Waals surface area contributed by atoms with Gasteiger partial charge in [0, 0.05) is 14.2 Å². The zero-order valence-electron chi connectivity index (χ0n) is 14.4. The summed E-state index contributed by atoms with van der Waals surface area (Å²) in [5.74, 6) is 0. The number of methoxy groups -OCH3 is 2. The van der Waals surface area contributed by atoms with Gasteiger partial charge in [-0.15, -0.1) is 0 Å². The summed E-state index contributed by atoms with van der Waals surface area (Å²) < 4.78 is 22.7. The fraction of sp³-hybridized carbons (Fsp3) is 0.400. The van der Waals surface area contributed by atoms with Gasteiger partial charge in [0.25, 0.3) is 0 Å². The van der Waals surface area contributed by atoms with Gasteiger partial charge in [-0.25, -0.2) is 0 Å². The lowest BCUT2D eigenvalue weighted by molar-refractivity contribution is -0.128.